The summed E-state index contributed by atoms with van der Waals surface area (Å²) in [6.45, 7) is 0.585. The predicted octanol–water partition coefficient (Wildman–Crippen LogP) is 2.13. The molecule has 0 aliphatic heterocycles. The van der Waals surface area contributed by atoms with E-state index in [1.54, 1.807) is 0 Å². The average Bonchev–Trinajstić information content (AvgIpc) is 2.28. The molecule has 0 radical (unpaired) electrons. The fourth-order valence-electron chi connectivity index (χ4n) is 1.31. The summed E-state index contributed by atoms with van der Waals surface area (Å²) in [4.78, 5) is 0. The van der Waals surface area contributed by atoms with Crippen molar-refractivity contribution in [1.82, 2.24) is 0 Å². The van der Waals surface area contributed by atoms with Crippen LogP contribution in [0.5, 0.6) is 0 Å². The summed E-state index contributed by atoms with van der Waals surface area (Å²) < 4.78 is 42.7. The third kappa shape index (κ3) is 4.62. The van der Waals surface area contributed by atoms with Gasteiger partial charge >= 0.3 is 6.18 Å². The Bertz CT molecular complexity index is 342. The fourth-order valence-corrected chi connectivity index (χ4v) is 1.31. The Morgan fingerprint density at radius 1 is 1.18 bits per heavy atom. The minimum Gasteiger partial charge on any atom is -0.394 e. The molecule has 0 saturated carbocycles. The summed E-state index contributed by atoms with van der Waals surface area (Å²) >= 11 is 0. The molecule has 0 unspecified atom stereocenters. The van der Waals surface area contributed by atoms with E-state index < -0.39 is 11.7 Å². The monoisotopic (exact) mass is 249 g/mol. The average molecular weight is 249 g/mol. The molecule has 0 aliphatic carbocycles. The number of hydrogen-bond acceptors (Lipinski definition) is 3. The summed E-state index contributed by atoms with van der Waals surface area (Å²) in [7, 11) is 0. The maximum atomic E-state index is 12.6. The molecule has 0 spiro atoms. The molecule has 0 aliphatic rings. The van der Waals surface area contributed by atoms with E-state index in [4.69, 9.17) is 9.84 Å². The Kier molecular flexibility index (Phi) is 5.24. The maximum absolute atomic E-state index is 12.6. The number of aliphatic hydroxyl groups excluding tert-OH is 1. The Labute approximate surface area is 97.2 Å². The van der Waals surface area contributed by atoms with Gasteiger partial charge in [0.2, 0.25) is 0 Å². The summed E-state index contributed by atoms with van der Waals surface area (Å²) in [6, 6.07) is 5.27. The van der Waals surface area contributed by atoms with Crippen molar-refractivity contribution in [2.24, 2.45) is 0 Å². The van der Waals surface area contributed by atoms with Gasteiger partial charge in [-0.15, -0.1) is 0 Å². The second kappa shape index (κ2) is 6.46. The highest BCUT2D eigenvalue weighted by Crippen LogP contribution is 2.34. The van der Waals surface area contributed by atoms with E-state index in [1.807, 2.05) is 0 Å². The SMILES string of the molecule is OCCOCCNc1ccccc1C(F)(F)F. The number of ether oxygens (including phenoxy) is 1. The number of anilines is 1. The molecule has 1 aromatic carbocycles. The van der Waals surface area contributed by atoms with Crippen molar-refractivity contribution >= 4 is 5.69 Å². The molecular weight excluding hydrogens is 235 g/mol. The molecule has 1 aromatic rings. The molecule has 0 heterocycles. The zero-order valence-corrected chi connectivity index (χ0v) is 9.13. The second-order valence-electron chi connectivity index (χ2n) is 3.31. The molecule has 0 saturated heterocycles. The van der Waals surface area contributed by atoms with E-state index in [0.717, 1.165) is 6.07 Å². The lowest BCUT2D eigenvalue weighted by molar-refractivity contribution is -0.137. The first-order valence-electron chi connectivity index (χ1n) is 5.14. The molecule has 17 heavy (non-hydrogen) atoms. The number of halogens is 3. The van der Waals surface area contributed by atoms with Gasteiger partial charge in [0.1, 0.15) is 0 Å². The summed E-state index contributed by atoms with van der Waals surface area (Å²) in [5.41, 5.74) is -0.658. The third-order valence-electron chi connectivity index (χ3n) is 2.03. The van der Waals surface area contributed by atoms with Gasteiger partial charge in [-0.25, -0.2) is 0 Å². The van der Waals surface area contributed by atoms with Crippen LogP contribution in [-0.4, -0.2) is 31.5 Å². The van der Waals surface area contributed by atoms with Crippen LogP contribution in [0.25, 0.3) is 0 Å². The zero-order valence-electron chi connectivity index (χ0n) is 9.13. The van der Waals surface area contributed by atoms with Crippen LogP contribution in [-0.2, 0) is 10.9 Å². The topological polar surface area (TPSA) is 41.5 Å². The minimum atomic E-state index is -4.37. The Morgan fingerprint density at radius 2 is 1.88 bits per heavy atom. The lowest BCUT2D eigenvalue weighted by Crippen LogP contribution is -2.15. The summed E-state index contributed by atoms with van der Waals surface area (Å²) in [5, 5.41) is 11.1. The van der Waals surface area contributed by atoms with Crippen LogP contribution in [0.4, 0.5) is 18.9 Å². The van der Waals surface area contributed by atoms with Crippen molar-refractivity contribution in [2.45, 2.75) is 6.18 Å². The van der Waals surface area contributed by atoms with Gasteiger partial charge in [0.25, 0.3) is 0 Å². The van der Waals surface area contributed by atoms with E-state index in [-0.39, 0.29) is 32.1 Å². The zero-order chi connectivity index (χ0) is 12.7. The molecular formula is C11H14F3NO2. The van der Waals surface area contributed by atoms with Crippen molar-refractivity contribution in [2.75, 3.05) is 31.7 Å². The van der Waals surface area contributed by atoms with Crippen LogP contribution in [0.1, 0.15) is 5.56 Å². The molecule has 96 valence electrons. The van der Waals surface area contributed by atoms with Crippen molar-refractivity contribution in [1.29, 1.82) is 0 Å². The smallest absolute Gasteiger partial charge is 0.394 e. The van der Waals surface area contributed by atoms with Gasteiger partial charge in [-0.2, -0.15) is 13.2 Å². The Balaban J connectivity index is 2.53. The van der Waals surface area contributed by atoms with Crippen molar-refractivity contribution in [3.05, 3.63) is 29.8 Å². The van der Waals surface area contributed by atoms with Gasteiger partial charge in [0, 0.05) is 12.2 Å². The first-order chi connectivity index (χ1) is 8.05. The van der Waals surface area contributed by atoms with Crippen LogP contribution >= 0.6 is 0 Å². The molecule has 0 atom stereocenters. The lowest BCUT2D eigenvalue weighted by atomic mass is 10.1. The maximum Gasteiger partial charge on any atom is 0.418 e. The van der Waals surface area contributed by atoms with Gasteiger partial charge in [0.05, 0.1) is 25.4 Å². The first-order valence-corrected chi connectivity index (χ1v) is 5.14. The Hall–Kier alpha value is -1.27. The minimum absolute atomic E-state index is 0.0348. The number of alkyl halides is 3. The van der Waals surface area contributed by atoms with Crippen LogP contribution < -0.4 is 5.32 Å². The largest absolute Gasteiger partial charge is 0.418 e. The number of hydrogen-bond donors (Lipinski definition) is 2. The summed E-state index contributed by atoms with van der Waals surface area (Å²) in [5.74, 6) is 0. The van der Waals surface area contributed by atoms with E-state index in [1.165, 1.54) is 18.2 Å². The number of aliphatic hydroxyl groups is 1. The first kappa shape index (κ1) is 13.8. The molecule has 3 nitrogen and oxygen atoms in total. The van der Waals surface area contributed by atoms with Gasteiger partial charge in [0.15, 0.2) is 0 Å². The van der Waals surface area contributed by atoms with E-state index in [0.29, 0.717) is 0 Å². The molecule has 0 amide bonds. The Morgan fingerprint density at radius 3 is 2.53 bits per heavy atom. The standard InChI is InChI=1S/C11H14F3NO2/c12-11(13,14)9-3-1-2-4-10(9)15-5-7-17-8-6-16/h1-4,15-16H,5-8H2. The normalized spacial score (nSPS) is 11.5. The van der Waals surface area contributed by atoms with E-state index in [2.05, 4.69) is 5.32 Å². The highest BCUT2D eigenvalue weighted by atomic mass is 19.4. The van der Waals surface area contributed by atoms with Gasteiger partial charge in [-0.3, -0.25) is 0 Å². The van der Waals surface area contributed by atoms with Crippen molar-refractivity contribution in [3.8, 4) is 0 Å². The van der Waals surface area contributed by atoms with Crippen molar-refractivity contribution < 1.29 is 23.0 Å². The van der Waals surface area contributed by atoms with Crippen LogP contribution in [0.2, 0.25) is 0 Å². The molecule has 2 N–H and O–H groups in total. The molecule has 6 heteroatoms. The number of rotatable bonds is 6. The molecule has 0 fully saturated rings. The van der Waals surface area contributed by atoms with Crippen LogP contribution in [0.3, 0.4) is 0 Å². The highest BCUT2D eigenvalue weighted by molar-refractivity contribution is 5.52. The number of para-hydroxylation sites is 1. The fraction of sp³-hybridized carbons (Fsp3) is 0.455. The second-order valence-corrected chi connectivity index (χ2v) is 3.31. The van der Waals surface area contributed by atoms with Crippen LogP contribution in [0, 0.1) is 0 Å². The van der Waals surface area contributed by atoms with Crippen LogP contribution in [0.15, 0.2) is 24.3 Å². The van der Waals surface area contributed by atoms with Gasteiger partial charge in [-0.1, -0.05) is 12.1 Å². The molecule has 0 bridgehead atoms. The number of benzene rings is 1. The van der Waals surface area contributed by atoms with E-state index in [9.17, 15) is 13.2 Å². The molecule has 1 rings (SSSR count). The van der Waals surface area contributed by atoms with Gasteiger partial charge < -0.3 is 15.2 Å². The van der Waals surface area contributed by atoms with Crippen molar-refractivity contribution in [3.63, 3.8) is 0 Å². The predicted molar refractivity (Wildman–Crippen MR) is 57.8 cm³/mol. The third-order valence-corrected chi connectivity index (χ3v) is 2.03. The van der Waals surface area contributed by atoms with Gasteiger partial charge in [-0.05, 0) is 12.1 Å². The highest BCUT2D eigenvalue weighted by Gasteiger charge is 2.32. The van der Waals surface area contributed by atoms with E-state index >= 15 is 0 Å². The summed E-state index contributed by atoms with van der Waals surface area (Å²) in [6.07, 6.45) is -4.37. The lowest BCUT2D eigenvalue weighted by Gasteiger charge is -2.14. The number of nitrogens with one attached hydrogen (secondary N) is 1. The molecule has 0 aromatic heterocycles. The quantitative estimate of drug-likeness (QED) is 0.759.